The molecule has 0 saturated heterocycles. The van der Waals surface area contributed by atoms with Crippen molar-refractivity contribution in [2.24, 2.45) is 5.92 Å². The fourth-order valence-electron chi connectivity index (χ4n) is 1.77. The van der Waals surface area contributed by atoms with Crippen molar-refractivity contribution < 1.29 is 9.53 Å². The van der Waals surface area contributed by atoms with E-state index in [0.717, 1.165) is 17.9 Å². The molecule has 0 spiro atoms. The average Bonchev–Trinajstić information content (AvgIpc) is 2.94. The molecule has 1 aliphatic rings. The highest BCUT2D eigenvalue weighted by atomic mass is 16.6. The lowest BCUT2D eigenvalue weighted by Gasteiger charge is -2.19. The molecule has 92 valence electrons. The van der Waals surface area contributed by atoms with E-state index in [1.807, 2.05) is 33.8 Å². The molecule has 17 heavy (non-hydrogen) atoms. The minimum atomic E-state index is -0.419. The molecule has 1 heterocycles. The van der Waals surface area contributed by atoms with E-state index in [2.05, 4.69) is 9.97 Å². The molecular weight excluding hydrogens is 216 g/mol. The molecule has 1 fully saturated rings. The summed E-state index contributed by atoms with van der Waals surface area (Å²) in [5.41, 5.74) is 0.516. The topological polar surface area (TPSA) is 52.1 Å². The van der Waals surface area contributed by atoms with Crippen LogP contribution in [0.4, 0.5) is 0 Å². The van der Waals surface area contributed by atoms with Crippen LogP contribution >= 0.6 is 0 Å². The fourth-order valence-corrected chi connectivity index (χ4v) is 1.77. The van der Waals surface area contributed by atoms with Crippen LogP contribution < -0.4 is 0 Å². The van der Waals surface area contributed by atoms with Gasteiger partial charge in [-0.3, -0.25) is 4.79 Å². The van der Waals surface area contributed by atoms with Crippen LogP contribution in [-0.2, 0) is 9.53 Å². The van der Waals surface area contributed by atoms with Crippen LogP contribution in [0.15, 0.2) is 12.3 Å². The largest absolute Gasteiger partial charge is 0.460 e. The van der Waals surface area contributed by atoms with Crippen molar-refractivity contribution in [3.05, 3.63) is 23.8 Å². The maximum Gasteiger partial charge on any atom is 0.310 e. The smallest absolute Gasteiger partial charge is 0.310 e. The van der Waals surface area contributed by atoms with Crippen LogP contribution in [0.25, 0.3) is 0 Å². The number of carbonyl (C=O) groups excluding carboxylic acids is 1. The Hall–Kier alpha value is -1.45. The van der Waals surface area contributed by atoms with E-state index in [9.17, 15) is 4.79 Å². The van der Waals surface area contributed by atoms with Gasteiger partial charge in [0.05, 0.1) is 5.92 Å². The van der Waals surface area contributed by atoms with Gasteiger partial charge in [0.2, 0.25) is 0 Å². The van der Waals surface area contributed by atoms with Crippen LogP contribution in [-0.4, -0.2) is 21.5 Å². The first-order valence-electron chi connectivity index (χ1n) is 5.89. The van der Waals surface area contributed by atoms with E-state index in [0.29, 0.717) is 0 Å². The van der Waals surface area contributed by atoms with E-state index in [-0.39, 0.29) is 17.8 Å². The van der Waals surface area contributed by atoms with Crippen LogP contribution in [0.5, 0.6) is 0 Å². The van der Waals surface area contributed by atoms with Crippen molar-refractivity contribution >= 4 is 5.97 Å². The molecule has 1 aromatic heterocycles. The highest BCUT2D eigenvalue weighted by Crippen LogP contribution is 2.47. The van der Waals surface area contributed by atoms with Gasteiger partial charge in [-0.15, -0.1) is 0 Å². The van der Waals surface area contributed by atoms with E-state index in [4.69, 9.17) is 4.74 Å². The number of nitrogens with zero attached hydrogens (tertiary/aromatic N) is 2. The van der Waals surface area contributed by atoms with Crippen molar-refractivity contribution in [3.8, 4) is 0 Å². The van der Waals surface area contributed by atoms with Gasteiger partial charge in [0.15, 0.2) is 0 Å². The summed E-state index contributed by atoms with van der Waals surface area (Å²) in [5, 5.41) is 0. The Kier molecular flexibility index (Phi) is 2.89. The third kappa shape index (κ3) is 3.02. The molecule has 2 atom stereocenters. The number of rotatable bonds is 2. The first kappa shape index (κ1) is 12.0. The van der Waals surface area contributed by atoms with Gasteiger partial charge in [-0.1, -0.05) is 0 Å². The second-order valence-electron chi connectivity index (χ2n) is 5.54. The van der Waals surface area contributed by atoms with Crippen LogP contribution in [0, 0.1) is 12.8 Å². The number of aryl methyl sites for hydroxylation is 1. The molecule has 0 N–H and O–H groups in total. The van der Waals surface area contributed by atoms with Crippen LogP contribution in [0.3, 0.4) is 0 Å². The summed E-state index contributed by atoms with van der Waals surface area (Å²) in [4.78, 5) is 20.4. The molecule has 1 saturated carbocycles. The Morgan fingerprint density at radius 1 is 1.47 bits per heavy atom. The quantitative estimate of drug-likeness (QED) is 0.736. The summed E-state index contributed by atoms with van der Waals surface area (Å²) >= 11 is 0. The summed E-state index contributed by atoms with van der Waals surface area (Å²) in [5.74, 6) is 0.717. The van der Waals surface area contributed by atoms with E-state index in [1.54, 1.807) is 6.20 Å². The van der Waals surface area contributed by atoms with E-state index in [1.165, 1.54) is 0 Å². The number of hydrogen-bond acceptors (Lipinski definition) is 4. The molecule has 1 aliphatic carbocycles. The molecule has 0 aliphatic heterocycles. The van der Waals surface area contributed by atoms with Crippen molar-refractivity contribution in [3.63, 3.8) is 0 Å². The summed E-state index contributed by atoms with van der Waals surface area (Å²) in [6.07, 6.45) is 2.54. The lowest BCUT2D eigenvalue weighted by atomic mass is 10.2. The molecule has 0 bridgehead atoms. The SMILES string of the molecule is Cc1ccnc([C@@H]2C[C@H]2C(=O)OC(C)(C)C)n1. The van der Waals surface area contributed by atoms with E-state index < -0.39 is 5.60 Å². The summed E-state index contributed by atoms with van der Waals surface area (Å²) in [6.45, 7) is 7.57. The molecule has 0 radical (unpaired) electrons. The molecule has 0 unspecified atom stereocenters. The van der Waals surface area contributed by atoms with Crippen molar-refractivity contribution in [1.29, 1.82) is 0 Å². The molecule has 1 aromatic rings. The number of esters is 1. The average molecular weight is 234 g/mol. The van der Waals surface area contributed by atoms with Crippen molar-refractivity contribution in [1.82, 2.24) is 9.97 Å². The van der Waals surface area contributed by atoms with Gasteiger partial charge in [-0.05, 0) is 40.2 Å². The molecular formula is C13H18N2O2. The molecule has 0 amide bonds. The van der Waals surface area contributed by atoms with Gasteiger partial charge in [-0.25, -0.2) is 9.97 Å². The Morgan fingerprint density at radius 2 is 2.18 bits per heavy atom. The van der Waals surface area contributed by atoms with Gasteiger partial charge < -0.3 is 4.74 Å². The first-order chi connectivity index (χ1) is 7.87. The lowest BCUT2D eigenvalue weighted by Crippen LogP contribution is -2.25. The molecule has 4 nitrogen and oxygen atoms in total. The second kappa shape index (κ2) is 4.09. The second-order valence-corrected chi connectivity index (χ2v) is 5.54. The Bertz CT molecular complexity index is 437. The number of aromatic nitrogens is 2. The zero-order valence-corrected chi connectivity index (χ0v) is 10.7. The Labute approximate surface area is 101 Å². The normalized spacial score (nSPS) is 23.3. The number of ether oxygens (including phenoxy) is 1. The molecule has 2 rings (SSSR count). The predicted octanol–water partition coefficient (Wildman–Crippen LogP) is 2.23. The minimum absolute atomic E-state index is 0.0592. The standard InChI is InChI=1S/C13H18N2O2/c1-8-5-6-14-11(15-8)9-7-10(9)12(16)17-13(2,3)4/h5-6,9-10H,7H2,1-4H3/t9-,10-/m1/s1. The van der Waals surface area contributed by atoms with Gasteiger partial charge in [-0.2, -0.15) is 0 Å². The van der Waals surface area contributed by atoms with Gasteiger partial charge >= 0.3 is 5.97 Å². The summed E-state index contributed by atoms with van der Waals surface area (Å²) < 4.78 is 5.35. The van der Waals surface area contributed by atoms with E-state index >= 15 is 0 Å². The number of hydrogen-bond donors (Lipinski definition) is 0. The van der Waals surface area contributed by atoms with Crippen molar-refractivity contribution in [2.45, 2.75) is 45.6 Å². The van der Waals surface area contributed by atoms with Crippen LogP contribution in [0.1, 0.15) is 44.6 Å². The fraction of sp³-hybridized carbons (Fsp3) is 0.615. The van der Waals surface area contributed by atoms with Gasteiger partial charge in [0.25, 0.3) is 0 Å². The molecule has 0 aromatic carbocycles. The maximum absolute atomic E-state index is 11.8. The Morgan fingerprint density at radius 3 is 2.76 bits per heavy atom. The zero-order chi connectivity index (χ0) is 12.6. The summed E-state index contributed by atoms with van der Waals surface area (Å²) in [7, 11) is 0. The lowest BCUT2D eigenvalue weighted by molar-refractivity contribution is -0.156. The number of carbonyl (C=O) groups is 1. The van der Waals surface area contributed by atoms with Gasteiger partial charge in [0, 0.05) is 17.8 Å². The zero-order valence-electron chi connectivity index (χ0n) is 10.7. The third-order valence-corrected chi connectivity index (χ3v) is 2.65. The minimum Gasteiger partial charge on any atom is -0.460 e. The highest BCUT2D eigenvalue weighted by molar-refractivity contribution is 5.77. The first-order valence-corrected chi connectivity index (χ1v) is 5.89. The van der Waals surface area contributed by atoms with Crippen LogP contribution in [0.2, 0.25) is 0 Å². The predicted molar refractivity (Wildman–Crippen MR) is 63.5 cm³/mol. The Balaban J connectivity index is 1.99. The highest BCUT2D eigenvalue weighted by Gasteiger charge is 2.48. The van der Waals surface area contributed by atoms with Gasteiger partial charge in [0.1, 0.15) is 11.4 Å². The third-order valence-electron chi connectivity index (χ3n) is 2.65. The monoisotopic (exact) mass is 234 g/mol. The molecule has 4 heteroatoms. The maximum atomic E-state index is 11.8. The summed E-state index contributed by atoms with van der Waals surface area (Å²) in [6, 6.07) is 1.86. The van der Waals surface area contributed by atoms with Crippen molar-refractivity contribution in [2.75, 3.05) is 0 Å².